The van der Waals surface area contributed by atoms with Crippen LogP contribution in [0.4, 0.5) is 5.69 Å². The van der Waals surface area contributed by atoms with Gasteiger partial charge in [-0.25, -0.2) is 0 Å². The molecule has 2 rings (SSSR count). The summed E-state index contributed by atoms with van der Waals surface area (Å²) in [4.78, 5) is 24.4. The number of nitro benzene ring substituents is 1. The summed E-state index contributed by atoms with van der Waals surface area (Å²) in [6.45, 7) is 3.58. The number of piperidine rings is 1. The van der Waals surface area contributed by atoms with Gasteiger partial charge in [0.2, 0.25) is 5.91 Å². The molecule has 126 valence electrons. The van der Waals surface area contributed by atoms with Crippen LogP contribution < -0.4 is 10.5 Å². The molecular weight excluding hydrogens is 298 g/mol. The van der Waals surface area contributed by atoms with Crippen molar-refractivity contribution in [1.29, 1.82) is 0 Å². The number of likely N-dealkylation sites (tertiary alicyclic amines) is 1. The van der Waals surface area contributed by atoms with Crippen molar-refractivity contribution in [3.63, 3.8) is 0 Å². The van der Waals surface area contributed by atoms with E-state index in [-0.39, 0.29) is 36.4 Å². The molecule has 1 aromatic carbocycles. The van der Waals surface area contributed by atoms with Crippen molar-refractivity contribution in [3.8, 4) is 5.75 Å². The summed E-state index contributed by atoms with van der Waals surface area (Å²) in [6.07, 6.45) is 2.07. The first-order chi connectivity index (χ1) is 11.0. The fraction of sp³-hybridized carbons (Fsp3) is 0.562. The fourth-order valence-corrected chi connectivity index (χ4v) is 2.81. The number of hydrogen-bond acceptors (Lipinski definition) is 5. The number of hydrogen-bond donors (Lipinski definition) is 1. The Kier molecular flexibility index (Phi) is 5.92. The average Bonchev–Trinajstić information content (AvgIpc) is 2.55. The molecule has 1 saturated heterocycles. The molecular formula is C16H23N3O4. The molecule has 1 heterocycles. The van der Waals surface area contributed by atoms with Gasteiger partial charge < -0.3 is 15.4 Å². The van der Waals surface area contributed by atoms with Gasteiger partial charge >= 0.3 is 5.69 Å². The number of nitrogens with zero attached hydrogens (tertiary/aromatic N) is 2. The van der Waals surface area contributed by atoms with Crippen LogP contribution in [0.15, 0.2) is 24.3 Å². The van der Waals surface area contributed by atoms with Gasteiger partial charge in [-0.2, -0.15) is 0 Å². The largest absolute Gasteiger partial charge is 0.486 e. The maximum Gasteiger partial charge on any atom is 0.310 e. The number of nitro groups is 1. The summed E-state index contributed by atoms with van der Waals surface area (Å²) in [7, 11) is 0. The third kappa shape index (κ3) is 4.66. The van der Waals surface area contributed by atoms with Crippen molar-refractivity contribution in [1.82, 2.24) is 4.90 Å². The van der Waals surface area contributed by atoms with Crippen LogP contribution in [-0.4, -0.2) is 41.5 Å². The van der Waals surface area contributed by atoms with Gasteiger partial charge in [0, 0.05) is 25.2 Å². The molecule has 0 spiro atoms. The van der Waals surface area contributed by atoms with Crippen molar-refractivity contribution < 1.29 is 14.5 Å². The summed E-state index contributed by atoms with van der Waals surface area (Å²) < 4.78 is 5.41. The minimum absolute atomic E-state index is 0.0201. The third-order valence-electron chi connectivity index (χ3n) is 4.27. The second-order valence-corrected chi connectivity index (χ2v) is 5.90. The van der Waals surface area contributed by atoms with Crippen LogP contribution in [0.25, 0.3) is 0 Å². The minimum atomic E-state index is -0.490. The highest BCUT2D eigenvalue weighted by Crippen LogP contribution is 2.26. The highest BCUT2D eigenvalue weighted by atomic mass is 16.6. The summed E-state index contributed by atoms with van der Waals surface area (Å²) in [5, 5.41) is 10.9. The van der Waals surface area contributed by atoms with Crippen molar-refractivity contribution in [2.45, 2.75) is 32.2 Å². The summed E-state index contributed by atoms with van der Waals surface area (Å²) in [6, 6.07) is 6.34. The lowest BCUT2D eigenvalue weighted by molar-refractivity contribution is -0.385. The first-order valence-corrected chi connectivity index (χ1v) is 7.88. The second-order valence-electron chi connectivity index (χ2n) is 5.90. The van der Waals surface area contributed by atoms with Gasteiger partial charge in [0.1, 0.15) is 0 Å². The maximum absolute atomic E-state index is 12.2. The number of nitrogens with two attached hydrogens (primary N) is 1. The second kappa shape index (κ2) is 7.92. The van der Waals surface area contributed by atoms with E-state index >= 15 is 0 Å². The first kappa shape index (κ1) is 17.2. The molecule has 1 unspecified atom stereocenters. The monoisotopic (exact) mass is 321 g/mol. The van der Waals surface area contributed by atoms with Gasteiger partial charge in [-0.1, -0.05) is 12.1 Å². The zero-order valence-electron chi connectivity index (χ0n) is 13.3. The van der Waals surface area contributed by atoms with Crippen LogP contribution in [-0.2, 0) is 4.79 Å². The molecule has 2 N–H and O–H groups in total. The lowest BCUT2D eigenvalue weighted by Gasteiger charge is -2.33. The molecule has 0 saturated carbocycles. The van der Waals surface area contributed by atoms with Crippen LogP contribution in [0.3, 0.4) is 0 Å². The van der Waals surface area contributed by atoms with Gasteiger partial charge in [0.15, 0.2) is 5.75 Å². The fourth-order valence-electron chi connectivity index (χ4n) is 2.81. The Labute approximate surface area is 135 Å². The Morgan fingerprint density at radius 2 is 2.09 bits per heavy atom. The van der Waals surface area contributed by atoms with E-state index < -0.39 is 4.92 Å². The smallest absolute Gasteiger partial charge is 0.310 e. The number of ether oxygens (including phenoxy) is 1. The highest BCUT2D eigenvalue weighted by Gasteiger charge is 2.24. The molecule has 1 aliphatic rings. The van der Waals surface area contributed by atoms with E-state index in [1.165, 1.54) is 12.1 Å². The molecule has 7 nitrogen and oxygen atoms in total. The van der Waals surface area contributed by atoms with E-state index in [4.69, 9.17) is 10.5 Å². The summed E-state index contributed by atoms with van der Waals surface area (Å²) in [5.74, 6) is 0.690. The number of rotatable bonds is 6. The van der Waals surface area contributed by atoms with Crippen molar-refractivity contribution >= 4 is 11.6 Å². The van der Waals surface area contributed by atoms with E-state index in [1.54, 1.807) is 12.1 Å². The van der Waals surface area contributed by atoms with Gasteiger partial charge in [0.05, 0.1) is 18.0 Å². The van der Waals surface area contributed by atoms with Crippen LogP contribution >= 0.6 is 0 Å². The van der Waals surface area contributed by atoms with Crippen molar-refractivity contribution in [2.75, 3.05) is 19.7 Å². The lowest BCUT2D eigenvalue weighted by Crippen LogP contribution is -2.42. The molecule has 7 heteroatoms. The predicted octanol–water partition coefficient (Wildman–Crippen LogP) is 1.95. The SMILES string of the molecule is CC(N)C1CCN(C(=O)CCOc2ccccc2[N+](=O)[O-])CC1. The third-order valence-corrected chi connectivity index (χ3v) is 4.27. The Bertz CT molecular complexity index is 554. The Balaban J connectivity index is 1.79. The first-order valence-electron chi connectivity index (χ1n) is 7.88. The zero-order chi connectivity index (χ0) is 16.8. The quantitative estimate of drug-likeness (QED) is 0.638. The Morgan fingerprint density at radius 1 is 1.43 bits per heavy atom. The number of carbonyl (C=O) groups is 1. The van der Waals surface area contributed by atoms with Crippen LogP contribution in [0, 0.1) is 16.0 Å². The maximum atomic E-state index is 12.2. The molecule has 1 aliphatic heterocycles. The standard InChI is InChI=1S/C16H23N3O4/c1-12(17)13-6-9-18(10-7-13)16(20)8-11-23-15-5-3-2-4-14(15)19(21)22/h2-5,12-13H,6-11,17H2,1H3. The molecule has 0 radical (unpaired) electrons. The predicted molar refractivity (Wildman–Crippen MR) is 86.2 cm³/mol. The van der Waals surface area contributed by atoms with E-state index in [9.17, 15) is 14.9 Å². The average molecular weight is 321 g/mol. The van der Waals surface area contributed by atoms with Crippen molar-refractivity contribution in [3.05, 3.63) is 34.4 Å². The van der Waals surface area contributed by atoms with E-state index in [2.05, 4.69) is 0 Å². The molecule has 0 aromatic heterocycles. The normalized spacial score (nSPS) is 16.9. The molecule has 0 aliphatic carbocycles. The van der Waals surface area contributed by atoms with E-state index in [0.717, 1.165) is 25.9 Å². The Hall–Kier alpha value is -2.15. The topological polar surface area (TPSA) is 98.7 Å². The lowest BCUT2D eigenvalue weighted by atomic mass is 9.91. The number of para-hydroxylation sites is 2. The zero-order valence-corrected chi connectivity index (χ0v) is 13.3. The molecule has 1 fully saturated rings. The van der Waals surface area contributed by atoms with Crippen LogP contribution in [0.5, 0.6) is 5.75 Å². The van der Waals surface area contributed by atoms with Crippen LogP contribution in [0.2, 0.25) is 0 Å². The van der Waals surface area contributed by atoms with Gasteiger partial charge in [-0.15, -0.1) is 0 Å². The minimum Gasteiger partial charge on any atom is -0.486 e. The molecule has 1 amide bonds. The molecule has 1 aromatic rings. The molecule has 23 heavy (non-hydrogen) atoms. The number of amides is 1. The number of carbonyl (C=O) groups excluding carboxylic acids is 1. The van der Waals surface area contributed by atoms with Gasteiger partial charge in [-0.3, -0.25) is 14.9 Å². The van der Waals surface area contributed by atoms with Crippen molar-refractivity contribution in [2.24, 2.45) is 11.7 Å². The van der Waals surface area contributed by atoms with Gasteiger partial charge in [-0.05, 0) is 31.7 Å². The number of benzene rings is 1. The highest BCUT2D eigenvalue weighted by molar-refractivity contribution is 5.76. The van der Waals surface area contributed by atoms with Crippen LogP contribution in [0.1, 0.15) is 26.2 Å². The van der Waals surface area contributed by atoms with Gasteiger partial charge in [0.25, 0.3) is 0 Å². The van der Waals surface area contributed by atoms with E-state index in [1.807, 2.05) is 11.8 Å². The molecule has 1 atom stereocenters. The van der Waals surface area contributed by atoms with E-state index in [0.29, 0.717) is 5.92 Å². The Morgan fingerprint density at radius 3 is 2.70 bits per heavy atom. The summed E-state index contributed by atoms with van der Waals surface area (Å²) in [5.41, 5.74) is 5.81. The molecule has 0 bridgehead atoms. The summed E-state index contributed by atoms with van der Waals surface area (Å²) >= 11 is 0.